The highest BCUT2D eigenvalue weighted by Crippen LogP contribution is 2.54. The lowest BCUT2D eigenvalue weighted by Crippen LogP contribution is -2.30. The zero-order valence-corrected chi connectivity index (χ0v) is 24.6. The second-order valence-corrected chi connectivity index (χ2v) is 12.2. The summed E-state index contributed by atoms with van der Waals surface area (Å²) in [6.45, 7) is 5.72. The summed E-state index contributed by atoms with van der Waals surface area (Å²) in [5.74, 6) is -0.809. The number of amides is 2. The number of anilines is 3. The number of carbonyl (C=O) groups excluding carboxylic acids is 1. The van der Waals surface area contributed by atoms with E-state index in [2.05, 4.69) is 10.6 Å². The molecule has 0 radical (unpaired) electrons. The largest absolute Gasteiger partial charge is 0.506 e. The molecule has 0 unspecified atom stereocenters. The van der Waals surface area contributed by atoms with Crippen LogP contribution < -0.4 is 15.5 Å². The Labute approximate surface area is 250 Å². The number of rotatable bonds is 4. The number of aromatic hydroxyl groups is 1. The number of phenols is 1. The number of thioether (sulfide) groups is 1. The number of phenolic OH excluding ortho intramolecular Hbond substituents is 1. The minimum atomic E-state index is -4.45. The van der Waals surface area contributed by atoms with Crippen LogP contribution in [0.3, 0.4) is 0 Å². The number of carbonyl (C=O) groups is 1. The van der Waals surface area contributed by atoms with Gasteiger partial charge >= 0.3 is 12.2 Å². The van der Waals surface area contributed by atoms with Crippen LogP contribution in [0.2, 0.25) is 5.02 Å². The monoisotopic (exact) mass is 617 g/mol. The van der Waals surface area contributed by atoms with Crippen molar-refractivity contribution < 1.29 is 27.5 Å². The van der Waals surface area contributed by atoms with Gasteiger partial charge in [-0.3, -0.25) is 0 Å². The number of hydrogen-bond acceptors (Lipinski definition) is 4. The lowest BCUT2D eigenvalue weighted by atomic mass is 9.81. The third-order valence-electron chi connectivity index (χ3n) is 7.32. The van der Waals surface area contributed by atoms with Crippen molar-refractivity contribution in [3.63, 3.8) is 0 Å². The molecule has 0 atom stereocenters. The summed E-state index contributed by atoms with van der Waals surface area (Å²) in [6, 6.07) is 14.2. The smallest absolute Gasteiger partial charge is 0.422 e. The fourth-order valence-corrected chi connectivity index (χ4v) is 6.46. The van der Waals surface area contributed by atoms with Gasteiger partial charge in [-0.1, -0.05) is 67.0 Å². The predicted octanol–water partition coefficient (Wildman–Crippen LogP) is 9.61. The summed E-state index contributed by atoms with van der Waals surface area (Å²) in [4.78, 5) is 14.2. The molecule has 0 fully saturated rings. The first kappa shape index (κ1) is 29.8. The fourth-order valence-electron chi connectivity index (χ4n) is 5.46. The van der Waals surface area contributed by atoms with E-state index in [1.165, 1.54) is 12.3 Å². The maximum absolute atomic E-state index is 15.4. The highest BCUT2D eigenvalue weighted by molar-refractivity contribution is 8.05. The number of benzene rings is 3. The highest BCUT2D eigenvalue weighted by atomic mass is 35.5. The van der Waals surface area contributed by atoms with E-state index in [0.717, 1.165) is 6.07 Å². The summed E-state index contributed by atoms with van der Waals surface area (Å²) < 4.78 is 55.4. The van der Waals surface area contributed by atoms with E-state index in [4.69, 9.17) is 11.6 Å². The molecular formula is C31H28ClF4N3O2S. The average molecular weight is 618 g/mol. The molecule has 11 heteroatoms. The Morgan fingerprint density at radius 3 is 2.45 bits per heavy atom. The molecule has 0 spiro atoms. The molecule has 3 aromatic rings. The molecule has 5 rings (SSSR count). The molecule has 0 saturated carbocycles. The van der Waals surface area contributed by atoms with Gasteiger partial charge in [-0.05, 0) is 60.6 Å². The Morgan fingerprint density at radius 2 is 1.76 bits per heavy atom. The molecule has 0 aromatic heterocycles. The van der Waals surface area contributed by atoms with Gasteiger partial charge in [0.1, 0.15) is 11.6 Å². The molecule has 2 aliphatic rings. The third kappa shape index (κ3) is 5.83. The molecule has 42 heavy (non-hydrogen) atoms. The SMILES string of the molecule is CC1=C(C(F)(F)F)SC=C(NC(=O)Nc2ccccc2N2CC(C)(C)c3c(-c4ccc(Cl)cc4)c(F)cc(O)c32)CC1. The van der Waals surface area contributed by atoms with Crippen LogP contribution in [0.5, 0.6) is 5.75 Å². The van der Waals surface area contributed by atoms with Crippen molar-refractivity contribution in [2.75, 3.05) is 16.8 Å². The van der Waals surface area contributed by atoms with Gasteiger partial charge in [0.2, 0.25) is 0 Å². The summed E-state index contributed by atoms with van der Waals surface area (Å²) in [5.41, 5.74) is 2.94. The number of nitrogens with one attached hydrogen (secondary N) is 2. The van der Waals surface area contributed by atoms with Crippen LogP contribution in [0.25, 0.3) is 11.1 Å². The average Bonchev–Trinajstić information content (AvgIpc) is 3.04. The first-order valence-corrected chi connectivity index (χ1v) is 14.4. The van der Waals surface area contributed by atoms with Crippen LogP contribution >= 0.6 is 23.4 Å². The van der Waals surface area contributed by atoms with Crippen LogP contribution in [0.1, 0.15) is 39.2 Å². The molecule has 3 N–H and O–H groups in total. The van der Waals surface area contributed by atoms with E-state index < -0.39 is 28.3 Å². The number of fused-ring (bicyclic) bond motifs is 1. The van der Waals surface area contributed by atoms with Crippen LogP contribution in [-0.4, -0.2) is 23.9 Å². The molecule has 2 heterocycles. The zero-order valence-electron chi connectivity index (χ0n) is 23.0. The Kier molecular flexibility index (Phi) is 7.98. The predicted molar refractivity (Wildman–Crippen MR) is 161 cm³/mol. The summed E-state index contributed by atoms with van der Waals surface area (Å²) >= 11 is 6.62. The lowest BCUT2D eigenvalue weighted by molar-refractivity contribution is -0.0843. The molecule has 0 bridgehead atoms. The summed E-state index contributed by atoms with van der Waals surface area (Å²) in [7, 11) is 0. The van der Waals surface area contributed by atoms with Crippen molar-refractivity contribution in [3.8, 4) is 16.9 Å². The van der Waals surface area contributed by atoms with Crippen molar-refractivity contribution >= 4 is 46.5 Å². The van der Waals surface area contributed by atoms with E-state index in [1.807, 2.05) is 18.7 Å². The Hall–Kier alpha value is -3.63. The first-order chi connectivity index (χ1) is 19.8. The second-order valence-electron chi connectivity index (χ2n) is 10.9. The minimum absolute atomic E-state index is 0.163. The van der Waals surface area contributed by atoms with E-state index in [-0.39, 0.29) is 24.2 Å². The summed E-state index contributed by atoms with van der Waals surface area (Å²) in [5, 5.41) is 18.3. The van der Waals surface area contributed by atoms with Crippen LogP contribution in [0, 0.1) is 5.82 Å². The molecule has 220 valence electrons. The molecule has 3 aromatic carbocycles. The maximum atomic E-state index is 15.4. The molecule has 0 saturated heterocycles. The van der Waals surface area contributed by atoms with Crippen LogP contribution in [0.15, 0.2) is 76.2 Å². The number of hydrogen-bond donors (Lipinski definition) is 3. The lowest BCUT2D eigenvalue weighted by Gasteiger charge is -2.25. The van der Waals surface area contributed by atoms with Gasteiger partial charge in [0, 0.05) is 34.3 Å². The van der Waals surface area contributed by atoms with Crippen LogP contribution in [0.4, 0.5) is 39.4 Å². The number of nitrogens with zero attached hydrogens (tertiary/aromatic N) is 1. The van der Waals surface area contributed by atoms with Crippen molar-refractivity contribution in [3.05, 3.63) is 92.6 Å². The van der Waals surface area contributed by atoms with Gasteiger partial charge in [0.15, 0.2) is 0 Å². The zero-order chi connectivity index (χ0) is 30.4. The van der Waals surface area contributed by atoms with E-state index in [1.54, 1.807) is 48.5 Å². The van der Waals surface area contributed by atoms with E-state index in [0.29, 0.717) is 62.8 Å². The fraction of sp³-hybridized carbons (Fsp3) is 0.258. The first-order valence-electron chi connectivity index (χ1n) is 13.2. The van der Waals surface area contributed by atoms with Gasteiger partial charge in [0.05, 0.1) is 22.0 Å². The van der Waals surface area contributed by atoms with Gasteiger partial charge in [0.25, 0.3) is 0 Å². The van der Waals surface area contributed by atoms with Gasteiger partial charge < -0.3 is 20.6 Å². The molecule has 0 aliphatic carbocycles. The third-order valence-corrected chi connectivity index (χ3v) is 8.79. The van der Waals surface area contributed by atoms with E-state index in [9.17, 15) is 23.1 Å². The normalized spacial score (nSPS) is 16.6. The van der Waals surface area contributed by atoms with E-state index >= 15 is 4.39 Å². The van der Waals surface area contributed by atoms with Gasteiger partial charge in [-0.25, -0.2) is 9.18 Å². The number of halogens is 5. The Balaban J connectivity index is 1.46. The van der Waals surface area contributed by atoms with Gasteiger partial charge in [-0.15, -0.1) is 0 Å². The molecular weight excluding hydrogens is 590 g/mol. The van der Waals surface area contributed by atoms with Crippen molar-refractivity contribution in [1.82, 2.24) is 5.32 Å². The van der Waals surface area contributed by atoms with Gasteiger partial charge in [-0.2, -0.15) is 13.2 Å². The molecule has 2 aliphatic heterocycles. The quantitative estimate of drug-likeness (QED) is 0.255. The van der Waals surface area contributed by atoms with Crippen molar-refractivity contribution in [1.29, 1.82) is 0 Å². The Morgan fingerprint density at radius 1 is 1.07 bits per heavy atom. The summed E-state index contributed by atoms with van der Waals surface area (Å²) in [6.07, 6.45) is -4.05. The molecule has 2 amide bonds. The highest BCUT2D eigenvalue weighted by Gasteiger charge is 2.42. The second kappa shape index (κ2) is 11.2. The number of alkyl halides is 3. The van der Waals surface area contributed by atoms with Crippen molar-refractivity contribution in [2.45, 2.75) is 45.2 Å². The number of allylic oxidation sites excluding steroid dienone is 3. The standard InChI is InChI=1S/C31H28ClF4N3O2S/c1-17-8-13-20(15-42-28(17)31(34,35)36)37-29(41)38-22-6-4-5-7-23(22)39-16-30(2,3)26-25(18-9-11-19(32)12-10-18)21(33)14-24(40)27(26)39/h4-7,9-12,14-15,40H,8,13,16H2,1-3H3,(H2,37,38,41). The number of urea groups is 1. The molecule has 5 nitrogen and oxygen atoms in total. The minimum Gasteiger partial charge on any atom is -0.506 e. The maximum Gasteiger partial charge on any atom is 0.422 e. The van der Waals surface area contributed by atoms with Crippen LogP contribution in [-0.2, 0) is 5.41 Å². The topological polar surface area (TPSA) is 64.6 Å². The van der Waals surface area contributed by atoms with Crippen molar-refractivity contribution in [2.24, 2.45) is 0 Å². The number of para-hydroxylation sites is 2. The Bertz CT molecular complexity index is 1620.